The van der Waals surface area contributed by atoms with Gasteiger partial charge >= 0.3 is 6.18 Å². The van der Waals surface area contributed by atoms with Crippen LogP contribution in [0, 0.1) is 16.0 Å². The number of nitrogens with zero attached hydrogens (tertiary/aromatic N) is 3. The molecule has 0 aromatic heterocycles. The number of likely N-dealkylation sites (tertiary alicyclic amines) is 1. The van der Waals surface area contributed by atoms with Crippen LogP contribution in [0.15, 0.2) is 42.5 Å². The number of rotatable bonds is 5. The Hall–Kier alpha value is -3.14. The number of alkyl halides is 3. The molecule has 2 aromatic carbocycles. The third kappa shape index (κ3) is 5.27. The van der Waals surface area contributed by atoms with E-state index in [2.05, 4.69) is 0 Å². The Morgan fingerprint density at radius 3 is 2.42 bits per heavy atom. The first kappa shape index (κ1) is 23.0. The lowest BCUT2D eigenvalue weighted by atomic mass is 9.98. The minimum Gasteiger partial charge on any atom is -0.378 e. The third-order valence-electron chi connectivity index (χ3n) is 6.15. The van der Waals surface area contributed by atoms with Crippen LogP contribution >= 0.6 is 0 Å². The van der Waals surface area contributed by atoms with Gasteiger partial charge in [0.2, 0.25) is 0 Å². The zero-order valence-electron chi connectivity index (χ0n) is 17.9. The third-order valence-corrected chi connectivity index (χ3v) is 6.15. The number of carbonyl (C=O) groups is 1. The number of nitro groups is 1. The molecule has 2 aliphatic rings. The lowest BCUT2D eigenvalue weighted by Gasteiger charge is -2.31. The van der Waals surface area contributed by atoms with Crippen molar-refractivity contribution >= 4 is 17.3 Å². The molecule has 0 spiro atoms. The van der Waals surface area contributed by atoms with Gasteiger partial charge in [0.25, 0.3) is 11.6 Å². The van der Waals surface area contributed by atoms with E-state index in [9.17, 15) is 28.1 Å². The molecule has 0 aliphatic carbocycles. The largest absolute Gasteiger partial charge is 0.416 e. The number of halogens is 3. The molecule has 33 heavy (non-hydrogen) atoms. The van der Waals surface area contributed by atoms with Crippen molar-refractivity contribution in [2.75, 3.05) is 44.3 Å². The first-order chi connectivity index (χ1) is 15.7. The topological polar surface area (TPSA) is 75.9 Å². The van der Waals surface area contributed by atoms with Crippen LogP contribution in [0.5, 0.6) is 0 Å². The van der Waals surface area contributed by atoms with E-state index < -0.39 is 16.7 Å². The van der Waals surface area contributed by atoms with Crippen molar-refractivity contribution in [3.63, 3.8) is 0 Å². The van der Waals surface area contributed by atoms with Crippen molar-refractivity contribution in [1.82, 2.24) is 4.90 Å². The van der Waals surface area contributed by atoms with Crippen LogP contribution in [-0.2, 0) is 17.3 Å². The molecule has 7 nitrogen and oxygen atoms in total. The predicted octanol–water partition coefficient (Wildman–Crippen LogP) is 4.16. The van der Waals surface area contributed by atoms with Crippen LogP contribution in [0.2, 0.25) is 0 Å². The normalized spacial score (nSPS) is 19.1. The number of morpholine rings is 1. The Balaban J connectivity index is 1.48. The van der Waals surface area contributed by atoms with E-state index in [1.54, 1.807) is 11.0 Å². The Bertz CT molecular complexity index is 1020. The molecule has 1 unspecified atom stereocenters. The Kier molecular flexibility index (Phi) is 6.55. The smallest absolute Gasteiger partial charge is 0.378 e. The van der Waals surface area contributed by atoms with Crippen LogP contribution in [0.25, 0.3) is 0 Å². The molecule has 0 N–H and O–H groups in total. The van der Waals surface area contributed by atoms with Crippen molar-refractivity contribution in [3.8, 4) is 0 Å². The van der Waals surface area contributed by atoms with Gasteiger partial charge in [0, 0.05) is 38.3 Å². The molecule has 176 valence electrons. The van der Waals surface area contributed by atoms with Crippen LogP contribution < -0.4 is 4.90 Å². The number of amides is 1. The zero-order chi connectivity index (χ0) is 23.6. The maximum atomic E-state index is 13.4. The van der Waals surface area contributed by atoms with Gasteiger partial charge in [-0.15, -0.1) is 0 Å². The number of hydrogen-bond donors (Lipinski definition) is 0. The summed E-state index contributed by atoms with van der Waals surface area (Å²) in [6.45, 7) is 3.16. The lowest BCUT2D eigenvalue weighted by molar-refractivity contribution is -0.384. The van der Waals surface area contributed by atoms with E-state index >= 15 is 0 Å². The molecule has 10 heteroatoms. The van der Waals surface area contributed by atoms with Crippen LogP contribution in [-0.4, -0.2) is 55.1 Å². The first-order valence-electron chi connectivity index (χ1n) is 10.8. The van der Waals surface area contributed by atoms with E-state index in [4.69, 9.17) is 4.74 Å². The van der Waals surface area contributed by atoms with Crippen molar-refractivity contribution in [2.45, 2.75) is 19.0 Å². The number of ether oxygens (including phenoxy) is 1. The van der Waals surface area contributed by atoms with Gasteiger partial charge in [-0.2, -0.15) is 13.2 Å². The quantitative estimate of drug-likeness (QED) is 0.492. The summed E-state index contributed by atoms with van der Waals surface area (Å²) in [5.41, 5.74) is 0.902. The highest BCUT2D eigenvalue weighted by molar-refractivity contribution is 6.00. The number of nitro benzene ring substituents is 1. The highest BCUT2D eigenvalue weighted by atomic mass is 19.4. The summed E-state index contributed by atoms with van der Waals surface area (Å²) in [5.74, 6) is -0.161. The maximum absolute atomic E-state index is 13.4. The second kappa shape index (κ2) is 9.38. The van der Waals surface area contributed by atoms with E-state index in [0.29, 0.717) is 63.5 Å². The average molecular weight is 463 g/mol. The summed E-state index contributed by atoms with van der Waals surface area (Å²) < 4.78 is 43.7. The van der Waals surface area contributed by atoms with Crippen molar-refractivity contribution in [2.24, 2.45) is 5.92 Å². The summed E-state index contributed by atoms with van der Waals surface area (Å²) in [6, 6.07) is 9.45. The molecule has 4 rings (SSSR count). The second-order valence-electron chi connectivity index (χ2n) is 8.36. The molecule has 1 amide bonds. The number of benzene rings is 2. The minimum atomic E-state index is -4.37. The number of hydrogen-bond acceptors (Lipinski definition) is 5. The zero-order valence-corrected chi connectivity index (χ0v) is 17.9. The molecule has 2 heterocycles. The molecule has 0 bridgehead atoms. The monoisotopic (exact) mass is 463 g/mol. The van der Waals surface area contributed by atoms with Gasteiger partial charge < -0.3 is 14.5 Å². The predicted molar refractivity (Wildman–Crippen MR) is 115 cm³/mol. The fourth-order valence-corrected chi connectivity index (χ4v) is 4.41. The standard InChI is InChI=1S/C23H24F3N3O4/c24-23(25,26)18-3-1-16(2-4-18)13-17-7-8-28(15-17)22(30)20-14-19(29(31)32)5-6-21(20)27-9-11-33-12-10-27/h1-6,14,17H,7-13,15H2. The summed E-state index contributed by atoms with van der Waals surface area (Å²) in [4.78, 5) is 27.8. The average Bonchev–Trinajstić information content (AvgIpc) is 3.27. The van der Waals surface area contributed by atoms with E-state index in [0.717, 1.165) is 17.7 Å². The van der Waals surface area contributed by atoms with Crippen LogP contribution in [0.4, 0.5) is 24.5 Å². The number of anilines is 1. The molecular formula is C23H24F3N3O4. The highest BCUT2D eigenvalue weighted by Gasteiger charge is 2.32. The Morgan fingerprint density at radius 1 is 1.09 bits per heavy atom. The van der Waals surface area contributed by atoms with E-state index in [1.165, 1.54) is 24.3 Å². The van der Waals surface area contributed by atoms with Crippen molar-refractivity contribution < 1.29 is 27.6 Å². The molecule has 2 aromatic rings. The Labute approximate surface area is 188 Å². The van der Waals surface area contributed by atoms with Crippen LogP contribution in [0.3, 0.4) is 0 Å². The molecule has 2 aliphatic heterocycles. The van der Waals surface area contributed by atoms with Gasteiger partial charge in [-0.25, -0.2) is 0 Å². The van der Waals surface area contributed by atoms with Gasteiger partial charge in [-0.3, -0.25) is 14.9 Å². The molecule has 1 atom stereocenters. The van der Waals surface area contributed by atoms with Gasteiger partial charge in [-0.1, -0.05) is 12.1 Å². The molecule has 0 saturated carbocycles. The van der Waals surface area contributed by atoms with Crippen molar-refractivity contribution in [1.29, 1.82) is 0 Å². The van der Waals surface area contributed by atoms with Gasteiger partial charge in [0.15, 0.2) is 0 Å². The van der Waals surface area contributed by atoms with Crippen molar-refractivity contribution in [3.05, 3.63) is 69.3 Å². The number of carbonyl (C=O) groups excluding carboxylic acids is 1. The summed E-state index contributed by atoms with van der Waals surface area (Å²) in [5, 5.41) is 11.3. The van der Waals surface area contributed by atoms with E-state index in [1.807, 2.05) is 4.90 Å². The highest BCUT2D eigenvalue weighted by Crippen LogP contribution is 2.32. The molecule has 0 radical (unpaired) electrons. The minimum absolute atomic E-state index is 0.108. The maximum Gasteiger partial charge on any atom is 0.416 e. The first-order valence-corrected chi connectivity index (χ1v) is 10.8. The van der Waals surface area contributed by atoms with Gasteiger partial charge in [-0.05, 0) is 42.5 Å². The van der Waals surface area contributed by atoms with E-state index in [-0.39, 0.29) is 17.5 Å². The molecular weight excluding hydrogens is 439 g/mol. The summed E-state index contributed by atoms with van der Waals surface area (Å²) in [6.07, 6.45) is -3.09. The summed E-state index contributed by atoms with van der Waals surface area (Å²) >= 11 is 0. The SMILES string of the molecule is O=C(c1cc([N+](=O)[O-])ccc1N1CCOCC1)N1CCC(Cc2ccc(C(F)(F)F)cc2)C1. The Morgan fingerprint density at radius 2 is 1.79 bits per heavy atom. The van der Waals surface area contributed by atoms with Gasteiger partial charge in [0.05, 0.1) is 35.0 Å². The van der Waals surface area contributed by atoms with Crippen LogP contribution in [0.1, 0.15) is 27.9 Å². The second-order valence-corrected chi connectivity index (χ2v) is 8.36. The fraction of sp³-hybridized carbons (Fsp3) is 0.435. The number of non-ortho nitro benzene ring substituents is 1. The van der Waals surface area contributed by atoms with Gasteiger partial charge in [0.1, 0.15) is 0 Å². The molecule has 2 saturated heterocycles. The summed E-state index contributed by atoms with van der Waals surface area (Å²) in [7, 11) is 0. The molecule has 2 fully saturated rings. The lowest BCUT2D eigenvalue weighted by Crippen LogP contribution is -2.38. The fourth-order valence-electron chi connectivity index (χ4n) is 4.41.